The van der Waals surface area contributed by atoms with Gasteiger partial charge in [-0.2, -0.15) is 13.2 Å². The van der Waals surface area contributed by atoms with Gasteiger partial charge in [-0.25, -0.2) is 13.1 Å². The number of nitrogens with one attached hydrogen (secondary N) is 1. The third kappa shape index (κ3) is 6.41. The van der Waals surface area contributed by atoms with Crippen molar-refractivity contribution in [1.82, 2.24) is 19.5 Å². The van der Waals surface area contributed by atoms with Crippen LogP contribution in [0, 0.1) is 13.8 Å². The highest BCUT2D eigenvalue weighted by Crippen LogP contribution is 2.32. The third-order valence-corrected chi connectivity index (χ3v) is 8.13. The number of nitrogens with zero attached hydrogens (tertiary/aromatic N) is 3. The lowest BCUT2D eigenvalue weighted by Crippen LogP contribution is -2.29. The molecule has 0 bridgehead atoms. The molecule has 11 heteroatoms. The summed E-state index contributed by atoms with van der Waals surface area (Å²) in [6.07, 6.45) is -4.66. The molecule has 0 saturated carbocycles. The van der Waals surface area contributed by atoms with Gasteiger partial charge in [0.1, 0.15) is 0 Å². The van der Waals surface area contributed by atoms with Gasteiger partial charge in [-0.1, -0.05) is 65.4 Å². The van der Waals surface area contributed by atoms with Crippen LogP contribution in [0.3, 0.4) is 0 Å². The van der Waals surface area contributed by atoms with Crippen LogP contribution in [0.25, 0.3) is 5.69 Å². The van der Waals surface area contributed by atoms with Crippen LogP contribution in [0.2, 0.25) is 0 Å². The van der Waals surface area contributed by atoms with E-state index in [1.165, 1.54) is 11.8 Å². The van der Waals surface area contributed by atoms with E-state index in [1.54, 1.807) is 11.5 Å². The van der Waals surface area contributed by atoms with Gasteiger partial charge in [0.2, 0.25) is 10.0 Å². The molecule has 3 aromatic carbocycles. The van der Waals surface area contributed by atoms with Crippen LogP contribution in [0.1, 0.15) is 41.0 Å². The minimum absolute atomic E-state index is 0.311. The molecule has 1 atom stereocenters. The average Bonchev–Trinajstić information content (AvgIpc) is 3.27. The van der Waals surface area contributed by atoms with E-state index < -0.39 is 32.7 Å². The minimum atomic E-state index is -4.66. The molecule has 0 saturated heterocycles. The van der Waals surface area contributed by atoms with Crippen LogP contribution in [-0.2, 0) is 22.0 Å². The number of halogens is 3. The normalized spacial score (nSPS) is 13.0. The van der Waals surface area contributed by atoms with Crippen molar-refractivity contribution < 1.29 is 21.6 Å². The Morgan fingerprint density at radius 1 is 0.946 bits per heavy atom. The summed E-state index contributed by atoms with van der Waals surface area (Å²) in [4.78, 5) is -0.482. The van der Waals surface area contributed by atoms with Crippen molar-refractivity contribution in [2.45, 2.75) is 48.8 Å². The maximum atomic E-state index is 13.1. The quantitative estimate of drug-likeness (QED) is 0.265. The molecule has 37 heavy (non-hydrogen) atoms. The topological polar surface area (TPSA) is 76.9 Å². The average molecular weight is 547 g/mol. The first-order valence-electron chi connectivity index (χ1n) is 11.3. The van der Waals surface area contributed by atoms with Gasteiger partial charge in [0.15, 0.2) is 11.0 Å². The number of hydrogen-bond acceptors (Lipinski definition) is 5. The summed E-state index contributed by atoms with van der Waals surface area (Å²) in [5.41, 5.74) is 2.98. The van der Waals surface area contributed by atoms with Gasteiger partial charge in [-0.15, -0.1) is 10.2 Å². The van der Waals surface area contributed by atoms with E-state index in [1.807, 2.05) is 56.3 Å². The zero-order valence-corrected chi connectivity index (χ0v) is 22.0. The van der Waals surface area contributed by atoms with Gasteiger partial charge in [-0.05, 0) is 56.7 Å². The molecule has 0 fully saturated rings. The molecule has 4 rings (SSSR count). The first kappa shape index (κ1) is 26.9. The lowest BCUT2D eigenvalue weighted by atomic mass is 10.2. The van der Waals surface area contributed by atoms with Crippen molar-refractivity contribution in [2.75, 3.05) is 0 Å². The Bertz CT molecular complexity index is 1500. The van der Waals surface area contributed by atoms with Gasteiger partial charge < -0.3 is 0 Å². The van der Waals surface area contributed by atoms with Crippen LogP contribution >= 0.6 is 11.8 Å². The number of alkyl halides is 3. The monoisotopic (exact) mass is 546 g/mol. The summed E-state index contributed by atoms with van der Waals surface area (Å²) in [6, 6.07) is 18.4. The molecule has 0 radical (unpaired) electrons. The molecule has 194 valence electrons. The van der Waals surface area contributed by atoms with Crippen LogP contribution in [-0.4, -0.2) is 23.2 Å². The third-order valence-electron chi connectivity index (χ3n) is 5.59. The standard InChI is InChI=1S/C26H25F3N4O2S2/c1-17-10-12-22(13-11-17)33-24(30-31-25(33)36-16-20-7-4-6-18(2)14-20)19(3)32-37(34,35)23-9-5-8-21(15-23)26(27,28)29/h4-15,19,32H,16H2,1-3H3. The predicted molar refractivity (Wildman–Crippen MR) is 137 cm³/mol. The summed E-state index contributed by atoms with van der Waals surface area (Å²) in [5, 5.41) is 9.14. The van der Waals surface area contributed by atoms with E-state index in [4.69, 9.17) is 0 Å². The second-order valence-corrected chi connectivity index (χ2v) is 11.3. The minimum Gasteiger partial charge on any atom is -0.273 e. The Morgan fingerprint density at radius 2 is 1.65 bits per heavy atom. The van der Waals surface area contributed by atoms with Crippen molar-refractivity contribution in [3.8, 4) is 5.69 Å². The molecule has 4 aromatic rings. The van der Waals surface area contributed by atoms with E-state index in [9.17, 15) is 21.6 Å². The highest BCUT2D eigenvalue weighted by molar-refractivity contribution is 7.98. The van der Waals surface area contributed by atoms with Gasteiger partial charge in [-0.3, -0.25) is 4.57 Å². The molecule has 6 nitrogen and oxygen atoms in total. The van der Waals surface area contributed by atoms with Crippen LogP contribution in [0.15, 0.2) is 82.8 Å². The first-order valence-corrected chi connectivity index (χ1v) is 13.8. The second-order valence-electron chi connectivity index (χ2n) is 8.66. The Hall–Kier alpha value is -3.15. The van der Waals surface area contributed by atoms with Crippen molar-refractivity contribution in [1.29, 1.82) is 0 Å². The fraction of sp³-hybridized carbons (Fsp3) is 0.231. The molecule has 1 aromatic heterocycles. The Morgan fingerprint density at radius 3 is 2.32 bits per heavy atom. The number of aromatic nitrogens is 3. The summed E-state index contributed by atoms with van der Waals surface area (Å²) in [7, 11) is -4.28. The summed E-state index contributed by atoms with van der Waals surface area (Å²) >= 11 is 1.45. The molecule has 0 aliphatic heterocycles. The van der Waals surface area contributed by atoms with Gasteiger partial charge in [0.25, 0.3) is 0 Å². The Labute approximate surface area is 218 Å². The predicted octanol–water partition coefficient (Wildman–Crippen LogP) is 6.23. The Balaban J connectivity index is 1.66. The van der Waals surface area contributed by atoms with E-state index in [2.05, 4.69) is 21.0 Å². The number of thioether (sulfide) groups is 1. The van der Waals surface area contributed by atoms with Crippen molar-refractivity contribution in [3.63, 3.8) is 0 Å². The molecular weight excluding hydrogens is 521 g/mol. The van der Waals surface area contributed by atoms with Gasteiger partial charge in [0.05, 0.1) is 16.5 Å². The second kappa shape index (κ2) is 10.7. The fourth-order valence-corrected chi connectivity index (χ4v) is 5.88. The zero-order valence-electron chi connectivity index (χ0n) is 20.3. The number of hydrogen-bond donors (Lipinski definition) is 1. The van der Waals surface area contributed by atoms with Crippen LogP contribution in [0.5, 0.6) is 0 Å². The molecular formula is C26H25F3N4O2S2. The highest BCUT2D eigenvalue weighted by atomic mass is 32.2. The lowest BCUT2D eigenvalue weighted by Gasteiger charge is -2.17. The molecule has 1 N–H and O–H groups in total. The van der Waals surface area contributed by atoms with Crippen LogP contribution in [0.4, 0.5) is 13.2 Å². The largest absolute Gasteiger partial charge is 0.416 e. The molecule has 0 aliphatic carbocycles. The van der Waals surface area contributed by atoms with Crippen molar-refractivity contribution >= 4 is 21.8 Å². The summed E-state index contributed by atoms with van der Waals surface area (Å²) in [6.45, 7) is 5.55. The van der Waals surface area contributed by atoms with Crippen molar-refractivity contribution in [3.05, 3.63) is 101 Å². The first-order chi connectivity index (χ1) is 17.4. The Kier molecular flexibility index (Phi) is 7.77. The van der Waals surface area contributed by atoms with E-state index >= 15 is 0 Å². The maximum Gasteiger partial charge on any atom is 0.416 e. The molecule has 0 spiro atoms. The zero-order chi connectivity index (χ0) is 26.8. The lowest BCUT2D eigenvalue weighted by molar-refractivity contribution is -0.137. The highest BCUT2D eigenvalue weighted by Gasteiger charge is 2.32. The van der Waals surface area contributed by atoms with Gasteiger partial charge >= 0.3 is 6.18 Å². The smallest absolute Gasteiger partial charge is 0.273 e. The number of rotatable bonds is 8. The van der Waals surface area contributed by atoms with Crippen LogP contribution < -0.4 is 4.72 Å². The fourth-order valence-electron chi connectivity index (χ4n) is 3.73. The maximum absolute atomic E-state index is 13.1. The van der Waals surface area contributed by atoms with E-state index in [0.717, 1.165) is 40.6 Å². The van der Waals surface area contributed by atoms with E-state index in [0.29, 0.717) is 22.8 Å². The molecule has 0 amide bonds. The SMILES string of the molecule is Cc1ccc(-n2c(SCc3cccc(C)c3)nnc2C(C)NS(=O)(=O)c2cccc(C(F)(F)F)c2)cc1. The summed E-state index contributed by atoms with van der Waals surface area (Å²) < 4.78 is 69.6. The molecule has 0 aliphatic rings. The summed E-state index contributed by atoms with van der Waals surface area (Å²) in [5.74, 6) is 0.932. The van der Waals surface area contributed by atoms with Gasteiger partial charge in [0, 0.05) is 11.4 Å². The number of benzene rings is 3. The van der Waals surface area contributed by atoms with Crippen molar-refractivity contribution in [2.24, 2.45) is 0 Å². The number of sulfonamides is 1. The molecule has 1 heterocycles. The molecule has 1 unspecified atom stereocenters. The number of aryl methyl sites for hydroxylation is 2. The van der Waals surface area contributed by atoms with E-state index in [-0.39, 0.29) is 0 Å².